The number of ether oxygens (including phenoxy) is 1. The van der Waals surface area contributed by atoms with Crippen molar-refractivity contribution in [2.45, 2.75) is 18.3 Å². The second-order valence-corrected chi connectivity index (χ2v) is 5.75. The van der Waals surface area contributed by atoms with Crippen molar-refractivity contribution in [2.75, 3.05) is 13.2 Å². The Labute approximate surface area is 123 Å². The van der Waals surface area contributed by atoms with Crippen molar-refractivity contribution >= 4 is 28.6 Å². The number of hydrogen-bond acceptors (Lipinski definition) is 3. The van der Waals surface area contributed by atoms with Gasteiger partial charge in [0.15, 0.2) is 0 Å². The van der Waals surface area contributed by atoms with Crippen LogP contribution in [-0.4, -0.2) is 23.6 Å². The number of aliphatic hydroxyl groups excluding tert-OH is 1. The van der Waals surface area contributed by atoms with E-state index in [1.807, 2.05) is 30.3 Å². The van der Waals surface area contributed by atoms with Crippen LogP contribution in [0.2, 0.25) is 0 Å². The standard InChI is InChI=1S/C14H19BrO2S/c1-2-3-12(14(18)8-16)10-17-9-11-4-6-13(15)7-5-11/h2,4-7,12,14,16,18H,1,3,8-10H2/t12-,14-/m0/s1. The third-order valence-electron chi connectivity index (χ3n) is 2.71. The summed E-state index contributed by atoms with van der Waals surface area (Å²) < 4.78 is 6.74. The minimum atomic E-state index is -0.0621. The van der Waals surface area contributed by atoms with E-state index in [0.717, 1.165) is 16.5 Å². The molecule has 4 heteroatoms. The minimum absolute atomic E-state index is 0.0588. The van der Waals surface area contributed by atoms with Crippen molar-refractivity contribution in [3.05, 3.63) is 47.0 Å². The predicted octanol–water partition coefficient (Wildman–Crippen LogP) is 3.45. The molecule has 2 nitrogen and oxygen atoms in total. The molecule has 0 fully saturated rings. The summed E-state index contributed by atoms with van der Waals surface area (Å²) in [4.78, 5) is 0. The SMILES string of the molecule is C=CC[C@@H](COCc1ccc(Br)cc1)[C@@H](S)CO. The molecule has 0 heterocycles. The molecule has 0 aliphatic carbocycles. The van der Waals surface area contributed by atoms with Crippen LogP contribution in [0, 0.1) is 5.92 Å². The molecule has 1 aromatic carbocycles. The second-order valence-electron chi connectivity index (χ2n) is 4.18. The molecule has 0 aromatic heterocycles. The number of allylic oxidation sites excluding steroid dienone is 1. The predicted molar refractivity (Wildman–Crippen MR) is 82.0 cm³/mol. The first-order chi connectivity index (χ1) is 8.67. The van der Waals surface area contributed by atoms with E-state index in [-0.39, 0.29) is 17.8 Å². The molecule has 0 aliphatic rings. The molecule has 0 unspecified atom stereocenters. The molecule has 0 spiro atoms. The molecule has 0 radical (unpaired) electrons. The Hall–Kier alpha value is -0.290. The summed E-state index contributed by atoms with van der Waals surface area (Å²) in [6, 6.07) is 8.04. The van der Waals surface area contributed by atoms with Gasteiger partial charge < -0.3 is 9.84 Å². The van der Waals surface area contributed by atoms with Crippen molar-refractivity contribution in [1.82, 2.24) is 0 Å². The van der Waals surface area contributed by atoms with Gasteiger partial charge in [0.1, 0.15) is 0 Å². The van der Waals surface area contributed by atoms with Crippen LogP contribution in [-0.2, 0) is 11.3 Å². The monoisotopic (exact) mass is 330 g/mol. The third kappa shape index (κ3) is 5.57. The Morgan fingerprint density at radius 1 is 1.39 bits per heavy atom. The van der Waals surface area contributed by atoms with Gasteiger partial charge in [-0.3, -0.25) is 0 Å². The zero-order valence-corrected chi connectivity index (χ0v) is 12.7. The van der Waals surface area contributed by atoms with Crippen molar-refractivity contribution in [1.29, 1.82) is 0 Å². The van der Waals surface area contributed by atoms with Crippen LogP contribution >= 0.6 is 28.6 Å². The average molecular weight is 331 g/mol. The van der Waals surface area contributed by atoms with Gasteiger partial charge in [0, 0.05) is 9.72 Å². The summed E-state index contributed by atoms with van der Waals surface area (Å²) in [6.45, 7) is 4.93. The number of rotatable bonds is 8. The first kappa shape index (κ1) is 15.8. The third-order valence-corrected chi connectivity index (χ3v) is 3.83. The number of halogens is 1. The summed E-state index contributed by atoms with van der Waals surface area (Å²) in [5, 5.41) is 9.05. The van der Waals surface area contributed by atoms with Crippen molar-refractivity contribution in [3.8, 4) is 0 Å². The topological polar surface area (TPSA) is 29.5 Å². The Morgan fingerprint density at radius 3 is 2.61 bits per heavy atom. The van der Waals surface area contributed by atoms with Gasteiger partial charge in [-0.25, -0.2) is 0 Å². The number of hydrogen-bond donors (Lipinski definition) is 2. The molecule has 1 aromatic rings. The highest BCUT2D eigenvalue weighted by molar-refractivity contribution is 9.10. The highest BCUT2D eigenvalue weighted by atomic mass is 79.9. The fourth-order valence-corrected chi connectivity index (χ4v) is 2.08. The lowest BCUT2D eigenvalue weighted by Crippen LogP contribution is -2.23. The summed E-state index contributed by atoms with van der Waals surface area (Å²) in [5.41, 5.74) is 1.13. The molecule has 0 saturated carbocycles. The van der Waals surface area contributed by atoms with E-state index in [1.165, 1.54) is 0 Å². The molecule has 100 valence electrons. The first-order valence-corrected chi connectivity index (χ1v) is 7.20. The Balaban J connectivity index is 2.38. The molecule has 1 N–H and O–H groups in total. The van der Waals surface area contributed by atoms with Crippen LogP contribution in [0.25, 0.3) is 0 Å². The van der Waals surface area contributed by atoms with Gasteiger partial charge in [0.25, 0.3) is 0 Å². The molecule has 0 bridgehead atoms. The maximum atomic E-state index is 9.11. The first-order valence-electron chi connectivity index (χ1n) is 5.89. The highest BCUT2D eigenvalue weighted by Gasteiger charge is 2.16. The fourth-order valence-electron chi connectivity index (χ4n) is 1.61. The van der Waals surface area contributed by atoms with Gasteiger partial charge in [-0.2, -0.15) is 12.6 Å². The molecule has 0 saturated heterocycles. The van der Waals surface area contributed by atoms with Crippen molar-refractivity contribution in [3.63, 3.8) is 0 Å². The summed E-state index contributed by atoms with van der Waals surface area (Å²) >= 11 is 7.74. The smallest absolute Gasteiger partial charge is 0.0717 e. The average Bonchev–Trinajstić information content (AvgIpc) is 2.39. The van der Waals surface area contributed by atoms with E-state index in [4.69, 9.17) is 9.84 Å². The van der Waals surface area contributed by atoms with Gasteiger partial charge in [0.05, 0.1) is 19.8 Å². The summed E-state index contributed by atoms with van der Waals surface area (Å²) in [5.74, 6) is 0.200. The van der Waals surface area contributed by atoms with Gasteiger partial charge in [-0.15, -0.1) is 6.58 Å². The van der Waals surface area contributed by atoms with Gasteiger partial charge >= 0.3 is 0 Å². The van der Waals surface area contributed by atoms with Crippen LogP contribution in [0.5, 0.6) is 0 Å². The van der Waals surface area contributed by atoms with Gasteiger partial charge in [-0.1, -0.05) is 34.1 Å². The lowest BCUT2D eigenvalue weighted by atomic mass is 10.0. The van der Waals surface area contributed by atoms with E-state index in [2.05, 4.69) is 35.1 Å². The van der Waals surface area contributed by atoms with Crippen LogP contribution in [0.4, 0.5) is 0 Å². The number of aliphatic hydroxyl groups is 1. The highest BCUT2D eigenvalue weighted by Crippen LogP contribution is 2.17. The normalized spacial score (nSPS) is 14.2. The van der Waals surface area contributed by atoms with Crippen LogP contribution < -0.4 is 0 Å². The molecule has 0 amide bonds. The fraction of sp³-hybridized carbons (Fsp3) is 0.429. The molecule has 18 heavy (non-hydrogen) atoms. The van der Waals surface area contributed by atoms with Crippen LogP contribution in [0.15, 0.2) is 41.4 Å². The lowest BCUT2D eigenvalue weighted by molar-refractivity contribution is 0.0806. The molecule has 2 atom stereocenters. The quantitative estimate of drug-likeness (QED) is 0.564. The van der Waals surface area contributed by atoms with E-state index < -0.39 is 0 Å². The van der Waals surface area contributed by atoms with Crippen molar-refractivity contribution in [2.24, 2.45) is 5.92 Å². The van der Waals surface area contributed by atoms with E-state index in [1.54, 1.807) is 0 Å². The molecule has 0 aliphatic heterocycles. The number of thiol groups is 1. The van der Waals surface area contributed by atoms with E-state index in [9.17, 15) is 0 Å². The zero-order chi connectivity index (χ0) is 13.4. The van der Waals surface area contributed by atoms with E-state index in [0.29, 0.717) is 13.2 Å². The van der Waals surface area contributed by atoms with Crippen molar-refractivity contribution < 1.29 is 9.84 Å². The second kappa shape index (κ2) is 8.75. The minimum Gasteiger partial charge on any atom is -0.395 e. The molecule has 1 rings (SSSR count). The number of benzene rings is 1. The summed E-state index contributed by atoms with van der Waals surface area (Å²) in [6.07, 6.45) is 2.64. The summed E-state index contributed by atoms with van der Waals surface area (Å²) in [7, 11) is 0. The zero-order valence-electron chi connectivity index (χ0n) is 10.3. The maximum absolute atomic E-state index is 9.11. The van der Waals surface area contributed by atoms with Gasteiger partial charge in [-0.05, 0) is 30.0 Å². The Morgan fingerprint density at radius 2 is 2.06 bits per heavy atom. The maximum Gasteiger partial charge on any atom is 0.0717 e. The molecular formula is C14H19BrO2S. The van der Waals surface area contributed by atoms with Gasteiger partial charge in [0.2, 0.25) is 0 Å². The Bertz CT molecular complexity index is 353. The molecular weight excluding hydrogens is 312 g/mol. The van der Waals surface area contributed by atoms with E-state index >= 15 is 0 Å². The lowest BCUT2D eigenvalue weighted by Gasteiger charge is -2.20. The van der Waals surface area contributed by atoms with Crippen LogP contribution in [0.1, 0.15) is 12.0 Å². The Kier molecular flexibility index (Phi) is 7.66. The largest absolute Gasteiger partial charge is 0.395 e. The van der Waals surface area contributed by atoms with Crippen LogP contribution in [0.3, 0.4) is 0 Å².